The molecule has 1 heterocycles. The van der Waals surface area contributed by atoms with Crippen molar-refractivity contribution in [2.45, 2.75) is 25.0 Å². The first-order valence-corrected chi connectivity index (χ1v) is 7.67. The molecule has 106 valence electrons. The van der Waals surface area contributed by atoms with E-state index >= 15 is 0 Å². The van der Waals surface area contributed by atoms with E-state index in [0.29, 0.717) is 0 Å². The van der Waals surface area contributed by atoms with Crippen molar-refractivity contribution in [3.63, 3.8) is 0 Å². The van der Waals surface area contributed by atoms with Gasteiger partial charge in [-0.1, -0.05) is 28.1 Å². The third kappa shape index (κ3) is 4.28. The monoisotopic (exact) mass is 326 g/mol. The summed E-state index contributed by atoms with van der Waals surface area (Å²) in [7, 11) is 4.26. The lowest BCUT2D eigenvalue weighted by Gasteiger charge is -2.31. The number of hydrogen-bond acceptors (Lipinski definition) is 3. The first kappa shape index (κ1) is 15.0. The molecule has 0 aliphatic carbocycles. The van der Waals surface area contributed by atoms with Gasteiger partial charge in [0.15, 0.2) is 0 Å². The Kier molecular flexibility index (Phi) is 5.39. The average molecular weight is 327 g/mol. The Morgan fingerprint density at radius 1 is 1.26 bits per heavy atom. The maximum Gasteiger partial charge on any atom is 0.0747 e. The van der Waals surface area contributed by atoms with Crippen LogP contribution in [0, 0.1) is 0 Å². The molecule has 2 rings (SSSR count). The summed E-state index contributed by atoms with van der Waals surface area (Å²) >= 11 is 3.44. The number of likely N-dealkylation sites (N-methyl/N-ethyl adjacent to an activating group) is 2. The first-order valence-electron chi connectivity index (χ1n) is 6.87. The van der Waals surface area contributed by atoms with Crippen molar-refractivity contribution in [1.29, 1.82) is 0 Å². The second-order valence-corrected chi connectivity index (χ2v) is 6.48. The summed E-state index contributed by atoms with van der Waals surface area (Å²) < 4.78 is 1.08. The van der Waals surface area contributed by atoms with Crippen LogP contribution in [0.3, 0.4) is 0 Å². The Balaban J connectivity index is 2.00. The van der Waals surface area contributed by atoms with E-state index in [-0.39, 0.29) is 12.1 Å². The fourth-order valence-corrected chi connectivity index (χ4v) is 2.98. The molecule has 4 heteroatoms. The second kappa shape index (κ2) is 6.84. The van der Waals surface area contributed by atoms with Gasteiger partial charge in [0.25, 0.3) is 0 Å². The van der Waals surface area contributed by atoms with E-state index in [1.54, 1.807) is 0 Å². The summed E-state index contributed by atoms with van der Waals surface area (Å²) in [6, 6.07) is 8.44. The van der Waals surface area contributed by atoms with E-state index in [9.17, 15) is 5.11 Å². The molecule has 1 aliphatic rings. The van der Waals surface area contributed by atoms with Crippen LogP contribution in [-0.2, 0) is 6.42 Å². The van der Waals surface area contributed by atoms with Crippen LogP contribution in [0.4, 0.5) is 0 Å². The zero-order valence-corrected chi connectivity index (χ0v) is 13.3. The van der Waals surface area contributed by atoms with Gasteiger partial charge in [-0.2, -0.15) is 0 Å². The third-order valence-corrected chi connectivity index (χ3v) is 4.45. The highest BCUT2D eigenvalue weighted by molar-refractivity contribution is 9.10. The summed E-state index contributed by atoms with van der Waals surface area (Å²) in [5, 5.41) is 10.5. The Bertz CT molecular complexity index is 396. The molecule has 1 aromatic carbocycles. The Hall–Kier alpha value is -0.420. The number of aliphatic hydroxyl groups excluding tert-OH is 1. The molecule has 0 saturated carbocycles. The van der Waals surface area contributed by atoms with Gasteiger partial charge in [-0.05, 0) is 57.7 Å². The lowest BCUT2D eigenvalue weighted by atomic mass is 10.0. The SMILES string of the molecule is CN1CCCN(C)C(C(O)Cc2ccc(Br)cc2)C1. The number of hydrogen-bond donors (Lipinski definition) is 1. The predicted molar refractivity (Wildman–Crippen MR) is 82.4 cm³/mol. The topological polar surface area (TPSA) is 26.7 Å². The Morgan fingerprint density at radius 2 is 1.95 bits per heavy atom. The smallest absolute Gasteiger partial charge is 0.0747 e. The van der Waals surface area contributed by atoms with Crippen molar-refractivity contribution in [2.75, 3.05) is 33.7 Å². The van der Waals surface area contributed by atoms with Crippen LogP contribution in [0.25, 0.3) is 0 Å². The van der Waals surface area contributed by atoms with E-state index in [4.69, 9.17) is 0 Å². The van der Waals surface area contributed by atoms with Crippen LogP contribution in [0.2, 0.25) is 0 Å². The number of aliphatic hydroxyl groups is 1. The number of benzene rings is 1. The molecule has 0 amide bonds. The molecular weight excluding hydrogens is 304 g/mol. The van der Waals surface area contributed by atoms with Crippen molar-refractivity contribution in [3.8, 4) is 0 Å². The molecule has 3 nitrogen and oxygen atoms in total. The van der Waals surface area contributed by atoms with Gasteiger partial charge in [0.2, 0.25) is 0 Å². The lowest BCUT2D eigenvalue weighted by molar-refractivity contribution is 0.0581. The minimum Gasteiger partial charge on any atom is -0.391 e. The molecule has 2 atom stereocenters. The van der Waals surface area contributed by atoms with Crippen molar-refractivity contribution in [2.24, 2.45) is 0 Å². The summed E-state index contributed by atoms with van der Waals surface area (Å²) in [6.45, 7) is 3.12. The van der Waals surface area contributed by atoms with Gasteiger partial charge < -0.3 is 10.0 Å². The molecular formula is C15H23BrN2O. The highest BCUT2D eigenvalue weighted by Crippen LogP contribution is 2.16. The zero-order valence-electron chi connectivity index (χ0n) is 11.7. The highest BCUT2D eigenvalue weighted by Gasteiger charge is 2.27. The number of halogens is 1. The second-order valence-electron chi connectivity index (χ2n) is 5.56. The van der Waals surface area contributed by atoms with E-state index in [1.807, 2.05) is 12.1 Å². The molecule has 0 aromatic heterocycles. The molecule has 1 saturated heterocycles. The van der Waals surface area contributed by atoms with Crippen molar-refractivity contribution >= 4 is 15.9 Å². The fourth-order valence-electron chi connectivity index (χ4n) is 2.72. The summed E-state index contributed by atoms with van der Waals surface area (Å²) in [5.74, 6) is 0. The fraction of sp³-hybridized carbons (Fsp3) is 0.600. The van der Waals surface area contributed by atoms with Crippen LogP contribution in [0.15, 0.2) is 28.7 Å². The Labute approximate surface area is 124 Å². The molecule has 2 unspecified atom stereocenters. The van der Waals surface area contributed by atoms with E-state index < -0.39 is 0 Å². The van der Waals surface area contributed by atoms with Crippen LogP contribution >= 0.6 is 15.9 Å². The molecule has 1 aliphatic heterocycles. The van der Waals surface area contributed by atoms with Gasteiger partial charge in [-0.15, -0.1) is 0 Å². The predicted octanol–water partition coefficient (Wildman–Crippen LogP) is 1.99. The maximum atomic E-state index is 10.5. The summed E-state index contributed by atoms with van der Waals surface area (Å²) in [4.78, 5) is 4.62. The number of nitrogens with zero attached hydrogens (tertiary/aromatic N) is 2. The standard InChI is InChI=1S/C15H23BrN2O/c1-17-8-3-9-18(2)14(11-17)15(19)10-12-4-6-13(16)7-5-12/h4-7,14-15,19H,3,8-11H2,1-2H3. The third-order valence-electron chi connectivity index (χ3n) is 3.92. The quantitative estimate of drug-likeness (QED) is 0.920. The Morgan fingerprint density at radius 3 is 2.63 bits per heavy atom. The van der Waals surface area contributed by atoms with Gasteiger partial charge in [-0.3, -0.25) is 4.90 Å². The van der Waals surface area contributed by atoms with Crippen molar-refractivity contribution in [3.05, 3.63) is 34.3 Å². The molecule has 1 N–H and O–H groups in total. The summed E-state index contributed by atoms with van der Waals surface area (Å²) in [5.41, 5.74) is 1.19. The van der Waals surface area contributed by atoms with Crippen molar-refractivity contribution < 1.29 is 5.11 Å². The van der Waals surface area contributed by atoms with Crippen LogP contribution in [0.5, 0.6) is 0 Å². The van der Waals surface area contributed by atoms with Gasteiger partial charge in [0.1, 0.15) is 0 Å². The normalized spacial score (nSPS) is 24.1. The molecule has 19 heavy (non-hydrogen) atoms. The number of rotatable bonds is 3. The van der Waals surface area contributed by atoms with E-state index in [0.717, 1.165) is 30.5 Å². The van der Waals surface area contributed by atoms with Crippen LogP contribution < -0.4 is 0 Å². The van der Waals surface area contributed by atoms with Gasteiger partial charge in [-0.25, -0.2) is 0 Å². The largest absolute Gasteiger partial charge is 0.391 e. The minimum atomic E-state index is -0.313. The minimum absolute atomic E-state index is 0.219. The molecule has 0 spiro atoms. The molecule has 0 radical (unpaired) electrons. The molecule has 0 bridgehead atoms. The van der Waals surface area contributed by atoms with E-state index in [1.165, 1.54) is 12.0 Å². The maximum absolute atomic E-state index is 10.5. The van der Waals surface area contributed by atoms with Gasteiger partial charge in [0.05, 0.1) is 6.10 Å². The zero-order chi connectivity index (χ0) is 13.8. The van der Waals surface area contributed by atoms with Crippen LogP contribution in [0.1, 0.15) is 12.0 Å². The van der Waals surface area contributed by atoms with Crippen molar-refractivity contribution in [1.82, 2.24) is 9.80 Å². The summed E-state index contributed by atoms with van der Waals surface area (Å²) in [6.07, 6.45) is 1.58. The van der Waals surface area contributed by atoms with E-state index in [2.05, 4.69) is 52.0 Å². The van der Waals surface area contributed by atoms with Crippen LogP contribution in [-0.4, -0.2) is 60.8 Å². The van der Waals surface area contributed by atoms with Gasteiger partial charge in [0, 0.05) is 17.1 Å². The molecule has 1 aromatic rings. The van der Waals surface area contributed by atoms with Gasteiger partial charge >= 0.3 is 0 Å². The molecule has 1 fully saturated rings. The average Bonchev–Trinajstić information content (AvgIpc) is 2.54. The first-order chi connectivity index (χ1) is 9.06. The highest BCUT2D eigenvalue weighted by atomic mass is 79.9. The lowest BCUT2D eigenvalue weighted by Crippen LogP contribution is -2.46.